The van der Waals surface area contributed by atoms with Gasteiger partial charge in [-0.05, 0) is 31.2 Å². The molecule has 0 spiro atoms. The minimum Gasteiger partial charge on any atom is -0.484 e. The Morgan fingerprint density at radius 2 is 1.95 bits per heavy atom. The van der Waals surface area contributed by atoms with E-state index in [4.69, 9.17) is 9.84 Å². The number of ether oxygens (including phenoxy) is 1. The largest absolute Gasteiger partial charge is 0.484 e. The summed E-state index contributed by atoms with van der Waals surface area (Å²) in [6, 6.07) is 4.89. The predicted molar refractivity (Wildman–Crippen MR) is 66.4 cm³/mol. The fraction of sp³-hybridized carbons (Fsp3) is 0.385. The van der Waals surface area contributed by atoms with Gasteiger partial charge in [-0.25, -0.2) is 4.39 Å². The minimum atomic E-state index is -0.966. The lowest BCUT2D eigenvalue weighted by Crippen LogP contribution is -2.39. The Hall–Kier alpha value is -2.11. The quantitative estimate of drug-likeness (QED) is 0.850. The van der Waals surface area contributed by atoms with E-state index in [0.29, 0.717) is 5.75 Å². The second-order valence-electron chi connectivity index (χ2n) is 4.19. The van der Waals surface area contributed by atoms with Crippen LogP contribution in [0.2, 0.25) is 0 Å². The van der Waals surface area contributed by atoms with Crippen LogP contribution in [-0.2, 0) is 9.59 Å². The van der Waals surface area contributed by atoms with Crippen molar-refractivity contribution in [3.8, 4) is 5.75 Å². The average molecular weight is 269 g/mol. The number of hydrogen-bond donors (Lipinski definition) is 1. The zero-order valence-corrected chi connectivity index (χ0v) is 10.8. The molecule has 0 saturated heterocycles. The first-order chi connectivity index (χ1) is 8.90. The highest BCUT2D eigenvalue weighted by Gasteiger charge is 2.18. The number of nitrogens with zero attached hydrogens (tertiary/aromatic N) is 1. The molecule has 0 aromatic heterocycles. The number of likely N-dealkylation sites (N-methyl/N-ethyl adjacent to an activating group) is 1. The Balaban J connectivity index is 2.46. The summed E-state index contributed by atoms with van der Waals surface area (Å²) in [5.74, 6) is -1.30. The van der Waals surface area contributed by atoms with Gasteiger partial charge in [0, 0.05) is 13.1 Å². The van der Waals surface area contributed by atoms with Gasteiger partial charge in [0.05, 0.1) is 6.42 Å². The maximum absolute atomic E-state index is 12.7. The molecule has 0 heterocycles. The van der Waals surface area contributed by atoms with Crippen LogP contribution in [0.3, 0.4) is 0 Å². The number of benzene rings is 1. The van der Waals surface area contributed by atoms with Gasteiger partial charge in [0.1, 0.15) is 11.6 Å². The first kappa shape index (κ1) is 14.9. The number of hydrogen-bond acceptors (Lipinski definition) is 3. The molecule has 1 atom stereocenters. The van der Waals surface area contributed by atoms with Crippen LogP contribution in [0, 0.1) is 5.82 Å². The molecule has 1 aromatic rings. The number of carboxylic acids is 1. The van der Waals surface area contributed by atoms with E-state index in [0.717, 1.165) is 0 Å². The smallest absolute Gasteiger partial charge is 0.305 e. The molecule has 5 nitrogen and oxygen atoms in total. The third kappa shape index (κ3) is 4.95. The second kappa shape index (κ2) is 6.72. The Kier molecular flexibility index (Phi) is 5.29. The van der Waals surface area contributed by atoms with Gasteiger partial charge >= 0.3 is 5.97 Å². The van der Waals surface area contributed by atoms with Crippen molar-refractivity contribution in [1.29, 1.82) is 0 Å². The molecule has 0 fully saturated rings. The molecule has 1 unspecified atom stereocenters. The Morgan fingerprint density at radius 3 is 2.47 bits per heavy atom. The summed E-state index contributed by atoms with van der Waals surface area (Å²) >= 11 is 0. The molecular weight excluding hydrogens is 253 g/mol. The molecule has 1 rings (SSSR count). The van der Waals surface area contributed by atoms with Crippen molar-refractivity contribution in [2.45, 2.75) is 19.4 Å². The molecule has 0 bridgehead atoms. The van der Waals surface area contributed by atoms with Crippen LogP contribution in [0.15, 0.2) is 24.3 Å². The molecule has 0 saturated carbocycles. The number of carbonyl (C=O) groups is 2. The van der Waals surface area contributed by atoms with Crippen molar-refractivity contribution in [3.63, 3.8) is 0 Å². The fourth-order valence-corrected chi connectivity index (χ4v) is 1.41. The summed E-state index contributed by atoms with van der Waals surface area (Å²) in [6.07, 6.45) is -0.126. The summed E-state index contributed by atoms with van der Waals surface area (Å²) in [5, 5.41) is 8.64. The van der Waals surface area contributed by atoms with E-state index in [1.54, 1.807) is 6.92 Å². The molecule has 1 aromatic carbocycles. The highest BCUT2D eigenvalue weighted by molar-refractivity contribution is 5.78. The van der Waals surface area contributed by atoms with Crippen molar-refractivity contribution in [2.75, 3.05) is 13.7 Å². The van der Waals surface area contributed by atoms with E-state index >= 15 is 0 Å². The number of rotatable bonds is 6. The summed E-state index contributed by atoms with van der Waals surface area (Å²) < 4.78 is 17.8. The van der Waals surface area contributed by atoms with Crippen molar-refractivity contribution in [2.24, 2.45) is 0 Å². The first-order valence-electron chi connectivity index (χ1n) is 5.76. The molecular formula is C13H16FNO4. The molecule has 19 heavy (non-hydrogen) atoms. The van der Waals surface area contributed by atoms with Crippen molar-refractivity contribution in [1.82, 2.24) is 4.90 Å². The zero-order valence-electron chi connectivity index (χ0n) is 10.8. The van der Waals surface area contributed by atoms with E-state index in [2.05, 4.69) is 0 Å². The summed E-state index contributed by atoms with van der Waals surface area (Å²) in [6.45, 7) is 1.43. The third-order valence-corrected chi connectivity index (χ3v) is 2.70. The molecule has 0 aliphatic heterocycles. The van der Waals surface area contributed by atoms with Gasteiger partial charge in [0.15, 0.2) is 6.61 Å². The summed E-state index contributed by atoms with van der Waals surface area (Å²) in [7, 11) is 1.52. The topological polar surface area (TPSA) is 66.8 Å². The number of carboxylic acid groups (broad SMARTS) is 1. The lowest BCUT2D eigenvalue weighted by molar-refractivity contribution is -0.140. The van der Waals surface area contributed by atoms with Crippen molar-refractivity contribution in [3.05, 3.63) is 30.1 Å². The maximum Gasteiger partial charge on any atom is 0.305 e. The molecule has 0 aliphatic carbocycles. The second-order valence-corrected chi connectivity index (χ2v) is 4.19. The summed E-state index contributed by atoms with van der Waals surface area (Å²) in [4.78, 5) is 23.6. The van der Waals surface area contributed by atoms with Gasteiger partial charge in [0.25, 0.3) is 5.91 Å². The first-order valence-corrected chi connectivity index (χ1v) is 5.76. The molecule has 0 aliphatic rings. The molecule has 0 radical (unpaired) electrons. The van der Waals surface area contributed by atoms with E-state index in [1.807, 2.05) is 0 Å². The Labute approximate surface area is 110 Å². The monoisotopic (exact) mass is 269 g/mol. The van der Waals surface area contributed by atoms with Gasteiger partial charge in [-0.15, -0.1) is 0 Å². The third-order valence-electron chi connectivity index (χ3n) is 2.70. The normalized spacial score (nSPS) is 11.7. The van der Waals surface area contributed by atoms with Crippen LogP contribution in [-0.4, -0.2) is 41.6 Å². The van der Waals surface area contributed by atoms with E-state index in [1.165, 1.54) is 36.2 Å². The lowest BCUT2D eigenvalue weighted by atomic mass is 10.2. The van der Waals surface area contributed by atoms with Gasteiger partial charge in [0.2, 0.25) is 0 Å². The number of halogens is 1. The number of aliphatic carboxylic acids is 1. The van der Waals surface area contributed by atoms with Crippen molar-refractivity contribution < 1.29 is 23.8 Å². The highest BCUT2D eigenvalue weighted by Crippen LogP contribution is 2.11. The van der Waals surface area contributed by atoms with Gasteiger partial charge in [-0.3, -0.25) is 9.59 Å². The minimum absolute atomic E-state index is 0.126. The maximum atomic E-state index is 12.7. The number of carbonyl (C=O) groups excluding carboxylic acids is 1. The van der Waals surface area contributed by atoms with Crippen LogP contribution >= 0.6 is 0 Å². The van der Waals surface area contributed by atoms with Crippen molar-refractivity contribution >= 4 is 11.9 Å². The van der Waals surface area contributed by atoms with Gasteiger partial charge in [-0.2, -0.15) is 0 Å². The van der Waals surface area contributed by atoms with Crippen LogP contribution < -0.4 is 4.74 Å². The van der Waals surface area contributed by atoms with Crippen LogP contribution in [0.1, 0.15) is 13.3 Å². The van der Waals surface area contributed by atoms with Gasteiger partial charge < -0.3 is 14.7 Å². The van der Waals surface area contributed by atoms with E-state index in [-0.39, 0.29) is 24.8 Å². The average Bonchev–Trinajstić information content (AvgIpc) is 2.36. The van der Waals surface area contributed by atoms with Crippen LogP contribution in [0.4, 0.5) is 4.39 Å². The molecule has 1 N–H and O–H groups in total. The molecule has 6 heteroatoms. The van der Waals surface area contributed by atoms with E-state index < -0.39 is 12.0 Å². The molecule has 104 valence electrons. The SMILES string of the molecule is CC(CC(=O)O)N(C)C(=O)COc1ccc(F)cc1. The highest BCUT2D eigenvalue weighted by atomic mass is 19.1. The van der Waals surface area contributed by atoms with Crippen LogP contribution in [0.25, 0.3) is 0 Å². The van der Waals surface area contributed by atoms with E-state index in [9.17, 15) is 14.0 Å². The summed E-state index contributed by atoms with van der Waals surface area (Å²) in [5.41, 5.74) is 0. The predicted octanol–water partition coefficient (Wildman–Crippen LogP) is 1.53. The standard InChI is InChI=1S/C13H16FNO4/c1-9(7-13(17)18)15(2)12(16)8-19-11-5-3-10(14)4-6-11/h3-6,9H,7-8H2,1-2H3,(H,17,18). The Morgan fingerprint density at radius 1 is 1.37 bits per heavy atom. The Bertz CT molecular complexity index is 446. The lowest BCUT2D eigenvalue weighted by Gasteiger charge is -2.23. The van der Waals surface area contributed by atoms with Crippen LogP contribution in [0.5, 0.6) is 5.75 Å². The van der Waals surface area contributed by atoms with Gasteiger partial charge in [-0.1, -0.05) is 0 Å². The molecule has 1 amide bonds. The zero-order chi connectivity index (χ0) is 14.4. The number of amides is 1. The fourth-order valence-electron chi connectivity index (χ4n) is 1.41.